The molecular formula is C18H27BO4. The van der Waals surface area contributed by atoms with Crippen LogP contribution in [0.1, 0.15) is 63.7 Å². The number of rotatable bonds is 6. The molecule has 23 heavy (non-hydrogen) atoms. The first-order chi connectivity index (χ1) is 11.0. The molecule has 0 saturated carbocycles. The molecule has 2 rings (SSSR count). The van der Waals surface area contributed by atoms with E-state index in [0.717, 1.165) is 31.1 Å². The van der Waals surface area contributed by atoms with E-state index in [4.69, 9.17) is 14.0 Å². The van der Waals surface area contributed by atoms with Crippen LogP contribution < -0.4 is 5.46 Å². The maximum absolute atomic E-state index is 11.6. The van der Waals surface area contributed by atoms with Crippen molar-refractivity contribution in [3.63, 3.8) is 0 Å². The number of benzene rings is 1. The van der Waals surface area contributed by atoms with Crippen LogP contribution in [0, 0.1) is 0 Å². The van der Waals surface area contributed by atoms with E-state index in [0.29, 0.717) is 5.56 Å². The summed E-state index contributed by atoms with van der Waals surface area (Å²) in [4.78, 5) is 11.6. The first-order valence-corrected chi connectivity index (χ1v) is 8.55. The molecule has 1 aliphatic rings. The van der Waals surface area contributed by atoms with Crippen molar-refractivity contribution in [2.45, 2.75) is 64.6 Å². The number of esters is 1. The van der Waals surface area contributed by atoms with Crippen molar-refractivity contribution in [3.05, 3.63) is 29.8 Å². The quantitative estimate of drug-likeness (QED) is 0.596. The average Bonchev–Trinajstić information content (AvgIpc) is 2.96. The molecule has 1 aliphatic heterocycles. The molecule has 0 amide bonds. The fourth-order valence-corrected chi connectivity index (χ4v) is 3.80. The van der Waals surface area contributed by atoms with E-state index >= 15 is 0 Å². The third kappa shape index (κ3) is 2.92. The summed E-state index contributed by atoms with van der Waals surface area (Å²) < 4.78 is 17.6. The molecule has 0 N–H and O–H groups in total. The zero-order valence-corrected chi connectivity index (χ0v) is 14.8. The standard InChI is InChI=1S/C18H27BO4/c1-6-17(7-2)18(8-3,9-4)23-19(22-17)15-12-10-14(11-13-15)16(20)21-5/h10-13H,6-9H2,1-5H3. The van der Waals surface area contributed by atoms with Gasteiger partial charge in [0.2, 0.25) is 0 Å². The predicted molar refractivity (Wildman–Crippen MR) is 92.0 cm³/mol. The lowest BCUT2D eigenvalue weighted by molar-refractivity contribution is -0.0601. The van der Waals surface area contributed by atoms with Crippen molar-refractivity contribution in [3.8, 4) is 0 Å². The molecule has 0 radical (unpaired) electrons. The van der Waals surface area contributed by atoms with Gasteiger partial charge in [-0.25, -0.2) is 4.79 Å². The summed E-state index contributed by atoms with van der Waals surface area (Å²) in [5.74, 6) is -0.335. The largest absolute Gasteiger partial charge is 0.494 e. The summed E-state index contributed by atoms with van der Waals surface area (Å²) in [6.07, 6.45) is 3.67. The Morgan fingerprint density at radius 2 is 1.39 bits per heavy atom. The van der Waals surface area contributed by atoms with Crippen molar-refractivity contribution in [2.24, 2.45) is 0 Å². The maximum atomic E-state index is 11.6. The molecule has 126 valence electrons. The van der Waals surface area contributed by atoms with E-state index in [9.17, 15) is 4.79 Å². The highest BCUT2D eigenvalue weighted by molar-refractivity contribution is 6.62. The van der Waals surface area contributed by atoms with Gasteiger partial charge in [0.05, 0.1) is 23.9 Å². The molecule has 1 aromatic carbocycles. The van der Waals surface area contributed by atoms with E-state index in [1.165, 1.54) is 7.11 Å². The Balaban J connectivity index is 2.30. The lowest BCUT2D eigenvalue weighted by Crippen LogP contribution is -2.50. The second kappa shape index (κ2) is 7.06. The van der Waals surface area contributed by atoms with Crippen molar-refractivity contribution >= 4 is 18.6 Å². The van der Waals surface area contributed by atoms with Crippen LogP contribution in [0.2, 0.25) is 0 Å². The van der Waals surface area contributed by atoms with E-state index in [2.05, 4.69) is 27.7 Å². The number of hydrogen-bond acceptors (Lipinski definition) is 4. The Morgan fingerprint density at radius 3 is 1.74 bits per heavy atom. The molecule has 0 spiro atoms. The van der Waals surface area contributed by atoms with Crippen LogP contribution in [0.25, 0.3) is 0 Å². The van der Waals surface area contributed by atoms with Crippen LogP contribution in [-0.4, -0.2) is 31.4 Å². The van der Waals surface area contributed by atoms with Crippen molar-refractivity contribution < 1.29 is 18.8 Å². The van der Waals surface area contributed by atoms with Gasteiger partial charge < -0.3 is 14.0 Å². The number of carbonyl (C=O) groups excluding carboxylic acids is 1. The first-order valence-electron chi connectivity index (χ1n) is 8.55. The molecule has 0 atom stereocenters. The summed E-state index contributed by atoms with van der Waals surface area (Å²) in [5.41, 5.74) is 0.945. The Hall–Kier alpha value is -1.33. The van der Waals surface area contributed by atoms with Gasteiger partial charge in [-0.15, -0.1) is 0 Å². The Labute approximate surface area is 139 Å². The normalized spacial score (nSPS) is 18.9. The minimum absolute atomic E-state index is 0.262. The number of hydrogen-bond donors (Lipinski definition) is 0. The van der Waals surface area contributed by atoms with Gasteiger partial charge in [0.1, 0.15) is 0 Å². The summed E-state index contributed by atoms with van der Waals surface area (Å²) >= 11 is 0. The second-order valence-corrected chi connectivity index (χ2v) is 6.08. The molecule has 0 aromatic heterocycles. The van der Waals surface area contributed by atoms with Gasteiger partial charge >= 0.3 is 13.1 Å². The SMILES string of the molecule is CCC1(CC)OB(c2ccc(C(=O)OC)cc2)OC1(CC)CC. The molecule has 0 unspecified atom stereocenters. The second-order valence-electron chi connectivity index (χ2n) is 6.08. The maximum Gasteiger partial charge on any atom is 0.494 e. The molecule has 0 aliphatic carbocycles. The van der Waals surface area contributed by atoms with Crippen LogP contribution in [0.15, 0.2) is 24.3 Å². The minimum Gasteiger partial charge on any atom is -0.465 e. The molecular weight excluding hydrogens is 291 g/mol. The molecule has 5 heteroatoms. The summed E-state index contributed by atoms with van der Waals surface area (Å²) in [6.45, 7) is 8.65. The first kappa shape index (κ1) is 18.0. The van der Waals surface area contributed by atoms with Crippen LogP contribution in [0.5, 0.6) is 0 Å². The van der Waals surface area contributed by atoms with Crippen LogP contribution in [0.4, 0.5) is 0 Å². The molecule has 0 bridgehead atoms. The van der Waals surface area contributed by atoms with Crippen LogP contribution in [0.3, 0.4) is 0 Å². The van der Waals surface area contributed by atoms with E-state index < -0.39 is 0 Å². The molecule has 1 heterocycles. The monoisotopic (exact) mass is 318 g/mol. The van der Waals surface area contributed by atoms with Gasteiger partial charge in [-0.1, -0.05) is 39.8 Å². The number of ether oxygens (including phenoxy) is 1. The fraction of sp³-hybridized carbons (Fsp3) is 0.611. The van der Waals surface area contributed by atoms with Crippen molar-refractivity contribution in [2.75, 3.05) is 7.11 Å². The van der Waals surface area contributed by atoms with Gasteiger partial charge in [-0.2, -0.15) is 0 Å². The fourth-order valence-electron chi connectivity index (χ4n) is 3.80. The van der Waals surface area contributed by atoms with Gasteiger partial charge in [0, 0.05) is 0 Å². The molecule has 1 saturated heterocycles. The van der Waals surface area contributed by atoms with Gasteiger partial charge in [0.15, 0.2) is 0 Å². The van der Waals surface area contributed by atoms with Gasteiger partial charge in [0.25, 0.3) is 0 Å². The third-order valence-corrected chi connectivity index (χ3v) is 5.38. The predicted octanol–water partition coefficient (Wildman–Crippen LogP) is 3.33. The Morgan fingerprint density at radius 1 is 0.957 bits per heavy atom. The number of carbonyl (C=O) groups is 1. The number of methoxy groups -OCH3 is 1. The molecule has 1 aromatic rings. The molecule has 4 nitrogen and oxygen atoms in total. The highest BCUT2D eigenvalue weighted by Crippen LogP contribution is 2.46. The summed E-state index contributed by atoms with van der Waals surface area (Å²) in [6, 6.07) is 7.28. The van der Waals surface area contributed by atoms with Crippen molar-refractivity contribution in [1.29, 1.82) is 0 Å². The third-order valence-electron chi connectivity index (χ3n) is 5.38. The van der Waals surface area contributed by atoms with Crippen LogP contribution >= 0.6 is 0 Å². The highest BCUT2D eigenvalue weighted by Gasteiger charge is 2.58. The highest BCUT2D eigenvalue weighted by atomic mass is 16.7. The Bertz CT molecular complexity index is 512. The van der Waals surface area contributed by atoms with E-state index in [1.54, 1.807) is 12.1 Å². The minimum atomic E-state index is -0.388. The topological polar surface area (TPSA) is 44.8 Å². The smallest absolute Gasteiger partial charge is 0.465 e. The van der Waals surface area contributed by atoms with Crippen molar-refractivity contribution in [1.82, 2.24) is 0 Å². The van der Waals surface area contributed by atoms with Gasteiger partial charge in [-0.3, -0.25) is 0 Å². The van der Waals surface area contributed by atoms with Gasteiger partial charge in [-0.05, 0) is 43.3 Å². The Kier molecular flexibility index (Phi) is 5.53. The lowest BCUT2D eigenvalue weighted by atomic mass is 9.75. The van der Waals surface area contributed by atoms with Crippen LogP contribution in [-0.2, 0) is 14.0 Å². The zero-order valence-electron chi connectivity index (χ0n) is 14.8. The zero-order chi connectivity index (χ0) is 17.1. The average molecular weight is 318 g/mol. The van der Waals surface area contributed by atoms with E-state index in [-0.39, 0.29) is 24.3 Å². The molecule has 1 fully saturated rings. The summed E-state index contributed by atoms with van der Waals surface area (Å²) in [7, 11) is 0.995. The summed E-state index contributed by atoms with van der Waals surface area (Å²) in [5, 5.41) is 0. The lowest BCUT2D eigenvalue weighted by Gasteiger charge is -2.42. The van der Waals surface area contributed by atoms with E-state index in [1.807, 2.05) is 12.1 Å².